The number of rotatable bonds is 3. The van der Waals surface area contributed by atoms with E-state index in [0.717, 1.165) is 17.8 Å². The highest BCUT2D eigenvalue weighted by Gasteiger charge is 2.33. The van der Waals surface area contributed by atoms with E-state index in [1.54, 1.807) is 0 Å². The summed E-state index contributed by atoms with van der Waals surface area (Å²) >= 11 is 0. The van der Waals surface area contributed by atoms with Crippen LogP contribution in [0.15, 0.2) is 0 Å². The average Bonchev–Trinajstić information content (AvgIpc) is 2.60. The van der Waals surface area contributed by atoms with Crippen molar-refractivity contribution in [3.8, 4) is 0 Å². The van der Waals surface area contributed by atoms with Crippen LogP contribution < -0.4 is 0 Å². The summed E-state index contributed by atoms with van der Waals surface area (Å²) in [4.78, 5) is 0. The van der Waals surface area contributed by atoms with Crippen LogP contribution >= 0.6 is 0 Å². The lowest BCUT2D eigenvalue weighted by Crippen LogP contribution is -1.81. The van der Waals surface area contributed by atoms with E-state index in [9.17, 15) is 0 Å². The van der Waals surface area contributed by atoms with Gasteiger partial charge in [0.05, 0.1) is 0 Å². The Labute approximate surface area is 57.6 Å². The van der Waals surface area contributed by atoms with Crippen LogP contribution in [0.4, 0.5) is 0 Å². The number of hydrogen-bond acceptors (Lipinski definition) is 0. The van der Waals surface area contributed by atoms with Crippen molar-refractivity contribution >= 4 is 0 Å². The fraction of sp³-hybridized carbons (Fsp3) is 0.889. The maximum absolute atomic E-state index is 4.03. The molecule has 0 nitrogen and oxygen atoms in total. The predicted molar refractivity (Wildman–Crippen MR) is 38.9 cm³/mol. The molecule has 2 saturated carbocycles. The number of hydrogen-bond donors (Lipinski definition) is 0. The summed E-state index contributed by atoms with van der Waals surface area (Å²) in [7, 11) is 0. The van der Waals surface area contributed by atoms with Crippen molar-refractivity contribution in [1.29, 1.82) is 0 Å². The summed E-state index contributed by atoms with van der Waals surface area (Å²) in [6, 6.07) is 0. The van der Waals surface area contributed by atoms with Gasteiger partial charge < -0.3 is 0 Å². The molecule has 0 aromatic rings. The highest BCUT2D eigenvalue weighted by molar-refractivity contribution is 4.89. The first kappa shape index (κ1) is 5.76. The lowest BCUT2D eigenvalue weighted by Gasteiger charge is -1.93. The van der Waals surface area contributed by atoms with Crippen LogP contribution in [0.25, 0.3) is 0 Å². The van der Waals surface area contributed by atoms with Gasteiger partial charge in [0.1, 0.15) is 0 Å². The lowest BCUT2D eigenvalue weighted by molar-refractivity contribution is 0.599. The second-order valence-corrected chi connectivity index (χ2v) is 3.78. The topological polar surface area (TPSA) is 0 Å². The molecule has 0 aromatic heterocycles. The molecule has 0 amide bonds. The van der Waals surface area contributed by atoms with Crippen LogP contribution in [-0.2, 0) is 0 Å². The molecule has 2 fully saturated rings. The zero-order valence-corrected chi connectivity index (χ0v) is 5.97. The molecule has 51 valence electrons. The minimum Gasteiger partial charge on any atom is -0.0502 e. The molecule has 0 heteroatoms. The Morgan fingerprint density at radius 2 is 1.89 bits per heavy atom. The van der Waals surface area contributed by atoms with Gasteiger partial charge in [-0.05, 0) is 37.5 Å². The van der Waals surface area contributed by atoms with Crippen molar-refractivity contribution in [1.82, 2.24) is 0 Å². The summed E-state index contributed by atoms with van der Waals surface area (Å²) in [5.74, 6) is 3.01. The quantitative estimate of drug-likeness (QED) is 0.541. The first-order chi connectivity index (χ1) is 4.36. The van der Waals surface area contributed by atoms with Gasteiger partial charge in [0.2, 0.25) is 0 Å². The Morgan fingerprint density at radius 3 is 2.33 bits per heavy atom. The second-order valence-electron chi connectivity index (χ2n) is 3.78. The van der Waals surface area contributed by atoms with E-state index in [-0.39, 0.29) is 0 Å². The maximum Gasteiger partial charge on any atom is -0.0383 e. The van der Waals surface area contributed by atoms with Crippen molar-refractivity contribution in [3.63, 3.8) is 0 Å². The highest BCUT2D eigenvalue weighted by Crippen LogP contribution is 2.44. The summed E-state index contributed by atoms with van der Waals surface area (Å²) in [6.07, 6.45) is 7.46. The van der Waals surface area contributed by atoms with Gasteiger partial charge in [-0.15, -0.1) is 0 Å². The monoisotopic (exact) mass is 123 g/mol. The standard InChI is InChI=1S/C9H15/c1-7-6-9(7)5-4-8-2-3-8/h7-9H,1-6H2. The van der Waals surface area contributed by atoms with Crippen LogP contribution in [0, 0.1) is 24.7 Å². The molecule has 2 atom stereocenters. The molecule has 1 radical (unpaired) electrons. The zero-order valence-electron chi connectivity index (χ0n) is 5.97. The zero-order chi connectivity index (χ0) is 6.27. The van der Waals surface area contributed by atoms with E-state index in [4.69, 9.17) is 0 Å². The van der Waals surface area contributed by atoms with Gasteiger partial charge in [-0.3, -0.25) is 0 Å². The van der Waals surface area contributed by atoms with E-state index in [1.807, 2.05) is 0 Å². The molecule has 0 N–H and O–H groups in total. The molecule has 0 bridgehead atoms. The van der Waals surface area contributed by atoms with Crippen molar-refractivity contribution < 1.29 is 0 Å². The maximum atomic E-state index is 4.03. The van der Waals surface area contributed by atoms with Gasteiger partial charge >= 0.3 is 0 Å². The smallest absolute Gasteiger partial charge is 0.0383 e. The first-order valence-electron chi connectivity index (χ1n) is 4.19. The van der Waals surface area contributed by atoms with Gasteiger partial charge in [0, 0.05) is 0 Å². The molecule has 0 aromatic carbocycles. The first-order valence-corrected chi connectivity index (χ1v) is 4.19. The van der Waals surface area contributed by atoms with Crippen molar-refractivity contribution in [2.45, 2.75) is 32.1 Å². The average molecular weight is 123 g/mol. The summed E-state index contributed by atoms with van der Waals surface area (Å²) in [6.45, 7) is 4.03. The van der Waals surface area contributed by atoms with E-state index < -0.39 is 0 Å². The van der Waals surface area contributed by atoms with Crippen LogP contribution in [-0.4, -0.2) is 0 Å². The lowest BCUT2D eigenvalue weighted by atomic mass is 10.1. The Morgan fingerprint density at radius 1 is 1.22 bits per heavy atom. The van der Waals surface area contributed by atoms with Gasteiger partial charge in [-0.2, -0.15) is 0 Å². The molecule has 2 rings (SSSR count). The van der Waals surface area contributed by atoms with E-state index >= 15 is 0 Å². The molecular weight excluding hydrogens is 108 g/mol. The van der Waals surface area contributed by atoms with Crippen molar-refractivity contribution in [2.75, 3.05) is 0 Å². The fourth-order valence-electron chi connectivity index (χ4n) is 1.52. The molecule has 2 aliphatic rings. The Kier molecular flexibility index (Phi) is 1.28. The Balaban J connectivity index is 1.57. The third-order valence-corrected chi connectivity index (χ3v) is 2.71. The molecule has 9 heavy (non-hydrogen) atoms. The van der Waals surface area contributed by atoms with E-state index in [0.29, 0.717) is 0 Å². The molecule has 0 saturated heterocycles. The molecule has 2 aliphatic carbocycles. The van der Waals surface area contributed by atoms with Crippen LogP contribution in [0.1, 0.15) is 32.1 Å². The normalized spacial score (nSPS) is 41.0. The minimum atomic E-state index is 0.837. The van der Waals surface area contributed by atoms with Crippen LogP contribution in [0.3, 0.4) is 0 Å². The Bertz CT molecular complexity index is 103. The molecule has 0 heterocycles. The van der Waals surface area contributed by atoms with E-state index in [1.165, 1.54) is 32.1 Å². The highest BCUT2D eigenvalue weighted by atomic mass is 14.4. The molecule has 0 spiro atoms. The molecule has 2 unspecified atom stereocenters. The molecular formula is C9H15. The fourth-order valence-corrected chi connectivity index (χ4v) is 1.52. The summed E-state index contributed by atoms with van der Waals surface area (Å²) in [5.41, 5.74) is 0. The van der Waals surface area contributed by atoms with Gasteiger partial charge in [0.25, 0.3) is 0 Å². The van der Waals surface area contributed by atoms with Gasteiger partial charge in [-0.25, -0.2) is 0 Å². The summed E-state index contributed by atoms with van der Waals surface area (Å²) in [5, 5.41) is 0. The minimum absolute atomic E-state index is 0.837. The van der Waals surface area contributed by atoms with Gasteiger partial charge in [0.15, 0.2) is 0 Å². The SMILES string of the molecule is [CH2]C1CC1CCC1CC1. The van der Waals surface area contributed by atoms with E-state index in [2.05, 4.69) is 6.92 Å². The molecule has 0 aliphatic heterocycles. The van der Waals surface area contributed by atoms with Crippen LogP contribution in [0.2, 0.25) is 0 Å². The second kappa shape index (κ2) is 2.00. The third-order valence-electron chi connectivity index (χ3n) is 2.71. The predicted octanol–water partition coefficient (Wildman–Crippen LogP) is 2.65. The largest absolute Gasteiger partial charge is 0.0502 e. The Hall–Kier alpha value is 0. The van der Waals surface area contributed by atoms with Crippen molar-refractivity contribution in [3.05, 3.63) is 6.92 Å². The third kappa shape index (κ3) is 1.47. The van der Waals surface area contributed by atoms with Gasteiger partial charge in [-0.1, -0.05) is 19.3 Å². The summed E-state index contributed by atoms with van der Waals surface area (Å²) < 4.78 is 0. The van der Waals surface area contributed by atoms with Crippen LogP contribution in [0.5, 0.6) is 0 Å². The van der Waals surface area contributed by atoms with Crippen molar-refractivity contribution in [2.24, 2.45) is 17.8 Å².